The standard InChI is InChI=1S/C21H27N3O2/c1-16-18(9-10-19(23-16)17-7-5-4-6-8-17)20(25)22-15-21(2,3)24-11-13-26-14-12-24/h4-10H,11-15H2,1-3H3,(H,22,25). The molecule has 1 N–H and O–H groups in total. The Morgan fingerprint density at radius 1 is 1.15 bits per heavy atom. The first-order valence-corrected chi connectivity index (χ1v) is 9.11. The summed E-state index contributed by atoms with van der Waals surface area (Å²) in [5, 5.41) is 3.08. The van der Waals surface area contributed by atoms with Crippen molar-refractivity contribution in [1.82, 2.24) is 15.2 Å². The van der Waals surface area contributed by atoms with Crippen molar-refractivity contribution in [3.05, 3.63) is 53.7 Å². The van der Waals surface area contributed by atoms with Crippen LogP contribution in [-0.2, 0) is 4.74 Å². The number of pyridine rings is 1. The number of nitrogens with one attached hydrogen (secondary N) is 1. The van der Waals surface area contributed by atoms with Crippen molar-refractivity contribution >= 4 is 5.91 Å². The number of amides is 1. The van der Waals surface area contributed by atoms with Crippen molar-refractivity contribution in [1.29, 1.82) is 0 Å². The Morgan fingerprint density at radius 3 is 2.50 bits per heavy atom. The first-order valence-electron chi connectivity index (χ1n) is 9.11. The zero-order valence-corrected chi connectivity index (χ0v) is 15.8. The lowest BCUT2D eigenvalue weighted by molar-refractivity contribution is -0.00923. The van der Waals surface area contributed by atoms with Crippen LogP contribution in [0.1, 0.15) is 29.9 Å². The third-order valence-corrected chi connectivity index (χ3v) is 4.95. The summed E-state index contributed by atoms with van der Waals surface area (Å²) < 4.78 is 5.42. The number of hydrogen-bond donors (Lipinski definition) is 1. The highest BCUT2D eigenvalue weighted by molar-refractivity contribution is 5.95. The summed E-state index contributed by atoms with van der Waals surface area (Å²) in [5.74, 6) is -0.0732. The maximum atomic E-state index is 12.6. The quantitative estimate of drug-likeness (QED) is 0.898. The number of aryl methyl sites for hydroxylation is 1. The Bertz CT molecular complexity index is 753. The Kier molecular flexibility index (Phi) is 5.69. The number of morpholine rings is 1. The van der Waals surface area contributed by atoms with E-state index in [1.54, 1.807) is 0 Å². The highest BCUT2D eigenvalue weighted by Crippen LogP contribution is 2.19. The zero-order valence-electron chi connectivity index (χ0n) is 15.8. The number of carbonyl (C=O) groups excluding carboxylic acids is 1. The minimum absolute atomic E-state index is 0.0732. The number of nitrogens with zero attached hydrogens (tertiary/aromatic N) is 2. The van der Waals surface area contributed by atoms with Crippen molar-refractivity contribution in [3.8, 4) is 11.3 Å². The number of hydrogen-bond acceptors (Lipinski definition) is 4. The Balaban J connectivity index is 1.66. The predicted molar refractivity (Wildman–Crippen MR) is 103 cm³/mol. The lowest BCUT2D eigenvalue weighted by Crippen LogP contribution is -2.55. The SMILES string of the molecule is Cc1nc(-c2ccccc2)ccc1C(=O)NCC(C)(C)N1CCOCC1. The molecule has 138 valence electrons. The molecule has 26 heavy (non-hydrogen) atoms. The third-order valence-electron chi connectivity index (χ3n) is 4.95. The van der Waals surface area contributed by atoms with Gasteiger partial charge in [-0.3, -0.25) is 14.7 Å². The van der Waals surface area contributed by atoms with Gasteiger partial charge >= 0.3 is 0 Å². The first-order chi connectivity index (χ1) is 12.5. The van der Waals surface area contributed by atoms with Gasteiger partial charge in [-0.05, 0) is 32.9 Å². The van der Waals surface area contributed by atoms with Crippen LogP contribution in [0.25, 0.3) is 11.3 Å². The van der Waals surface area contributed by atoms with Crippen molar-refractivity contribution in [2.75, 3.05) is 32.8 Å². The monoisotopic (exact) mass is 353 g/mol. The van der Waals surface area contributed by atoms with Crippen LogP contribution >= 0.6 is 0 Å². The highest BCUT2D eigenvalue weighted by atomic mass is 16.5. The summed E-state index contributed by atoms with van der Waals surface area (Å²) in [6.07, 6.45) is 0. The van der Waals surface area contributed by atoms with E-state index in [1.807, 2.05) is 49.4 Å². The summed E-state index contributed by atoms with van der Waals surface area (Å²) in [7, 11) is 0. The largest absolute Gasteiger partial charge is 0.379 e. The van der Waals surface area contributed by atoms with Gasteiger partial charge in [-0.25, -0.2) is 0 Å². The minimum atomic E-state index is -0.106. The van der Waals surface area contributed by atoms with Gasteiger partial charge in [-0.15, -0.1) is 0 Å². The molecular formula is C21H27N3O2. The molecule has 0 unspecified atom stereocenters. The zero-order chi connectivity index (χ0) is 18.6. The van der Waals surface area contributed by atoms with Crippen LogP contribution in [-0.4, -0.2) is 54.2 Å². The van der Waals surface area contributed by atoms with Gasteiger partial charge in [0.2, 0.25) is 0 Å². The summed E-state index contributed by atoms with van der Waals surface area (Å²) >= 11 is 0. The van der Waals surface area contributed by atoms with E-state index in [9.17, 15) is 4.79 Å². The van der Waals surface area contributed by atoms with E-state index < -0.39 is 0 Å². The molecule has 5 heteroatoms. The molecule has 1 saturated heterocycles. The third kappa shape index (κ3) is 4.29. The molecule has 3 rings (SSSR count). The average molecular weight is 353 g/mol. The molecule has 1 aliphatic rings. The highest BCUT2D eigenvalue weighted by Gasteiger charge is 2.28. The molecular weight excluding hydrogens is 326 g/mol. The number of aromatic nitrogens is 1. The first kappa shape index (κ1) is 18.5. The maximum absolute atomic E-state index is 12.6. The van der Waals surface area contributed by atoms with Crippen LogP contribution in [0.3, 0.4) is 0 Å². The van der Waals surface area contributed by atoms with Crippen molar-refractivity contribution in [2.24, 2.45) is 0 Å². The summed E-state index contributed by atoms with van der Waals surface area (Å²) in [6.45, 7) is 10.1. The van der Waals surface area contributed by atoms with Crippen LogP contribution in [0.4, 0.5) is 0 Å². The second kappa shape index (κ2) is 7.98. The fourth-order valence-electron chi connectivity index (χ4n) is 3.24. The van der Waals surface area contributed by atoms with Gasteiger partial charge in [0.15, 0.2) is 0 Å². The lowest BCUT2D eigenvalue weighted by Gasteiger charge is -2.40. The fourth-order valence-corrected chi connectivity index (χ4v) is 3.24. The van der Waals surface area contributed by atoms with Gasteiger partial charge in [0.25, 0.3) is 5.91 Å². The van der Waals surface area contributed by atoms with Crippen molar-refractivity contribution in [2.45, 2.75) is 26.3 Å². The minimum Gasteiger partial charge on any atom is -0.379 e. The topological polar surface area (TPSA) is 54.5 Å². The molecule has 0 aliphatic carbocycles. The second-order valence-electron chi connectivity index (χ2n) is 7.29. The maximum Gasteiger partial charge on any atom is 0.253 e. The van der Waals surface area contributed by atoms with Gasteiger partial charge in [0.05, 0.1) is 30.2 Å². The molecule has 2 aromatic rings. The van der Waals surface area contributed by atoms with E-state index in [-0.39, 0.29) is 11.4 Å². The van der Waals surface area contributed by atoms with Crippen LogP contribution in [0.2, 0.25) is 0 Å². The Labute approximate surface area is 155 Å². The second-order valence-corrected chi connectivity index (χ2v) is 7.29. The number of benzene rings is 1. The molecule has 0 radical (unpaired) electrons. The Morgan fingerprint density at radius 2 is 1.85 bits per heavy atom. The van der Waals surface area contributed by atoms with Gasteiger partial charge in [0, 0.05) is 30.7 Å². The molecule has 1 fully saturated rings. The molecule has 1 aromatic heterocycles. The lowest BCUT2D eigenvalue weighted by atomic mass is 10.0. The molecule has 1 aliphatic heterocycles. The predicted octanol–water partition coefficient (Wildman–Crippen LogP) is 2.90. The molecule has 1 aromatic carbocycles. The molecule has 0 bridgehead atoms. The fraction of sp³-hybridized carbons (Fsp3) is 0.429. The van der Waals surface area contributed by atoms with Gasteiger partial charge in [-0.1, -0.05) is 30.3 Å². The van der Waals surface area contributed by atoms with Crippen LogP contribution in [0.5, 0.6) is 0 Å². The normalized spacial score (nSPS) is 15.7. The number of carbonyl (C=O) groups is 1. The molecule has 2 heterocycles. The van der Waals surface area contributed by atoms with Crippen LogP contribution in [0, 0.1) is 6.92 Å². The summed E-state index contributed by atoms with van der Waals surface area (Å²) in [6, 6.07) is 13.8. The molecule has 5 nitrogen and oxygen atoms in total. The molecule has 0 atom stereocenters. The number of rotatable bonds is 5. The van der Waals surface area contributed by atoms with Crippen molar-refractivity contribution < 1.29 is 9.53 Å². The van der Waals surface area contributed by atoms with E-state index >= 15 is 0 Å². The van der Waals surface area contributed by atoms with Gasteiger partial charge in [-0.2, -0.15) is 0 Å². The van der Waals surface area contributed by atoms with Crippen LogP contribution < -0.4 is 5.32 Å². The molecule has 1 amide bonds. The van der Waals surface area contributed by atoms with Crippen LogP contribution in [0.15, 0.2) is 42.5 Å². The van der Waals surface area contributed by atoms with E-state index in [0.29, 0.717) is 12.1 Å². The number of ether oxygens (including phenoxy) is 1. The summed E-state index contributed by atoms with van der Waals surface area (Å²) in [4.78, 5) is 19.6. The van der Waals surface area contributed by atoms with Gasteiger partial charge in [0.1, 0.15) is 0 Å². The molecule has 0 saturated carbocycles. The van der Waals surface area contributed by atoms with Crippen molar-refractivity contribution in [3.63, 3.8) is 0 Å². The smallest absolute Gasteiger partial charge is 0.253 e. The molecule has 0 spiro atoms. The average Bonchev–Trinajstić information content (AvgIpc) is 2.67. The van der Waals surface area contributed by atoms with E-state index in [1.165, 1.54) is 0 Å². The van der Waals surface area contributed by atoms with E-state index in [0.717, 1.165) is 43.3 Å². The summed E-state index contributed by atoms with van der Waals surface area (Å²) in [5.41, 5.74) is 3.20. The Hall–Kier alpha value is -2.24. The van der Waals surface area contributed by atoms with E-state index in [4.69, 9.17) is 4.74 Å². The van der Waals surface area contributed by atoms with E-state index in [2.05, 4.69) is 29.0 Å². The van der Waals surface area contributed by atoms with Gasteiger partial charge < -0.3 is 10.1 Å².